The maximum atomic E-state index is 12.6. The quantitative estimate of drug-likeness (QED) is 0.867. The van der Waals surface area contributed by atoms with Crippen LogP contribution in [0.15, 0.2) is 35.6 Å². The molecule has 5 nitrogen and oxygen atoms in total. The van der Waals surface area contributed by atoms with E-state index in [-0.39, 0.29) is 12.2 Å². The summed E-state index contributed by atoms with van der Waals surface area (Å²) in [5.41, 5.74) is 0.847. The SMILES string of the molecule is COc1ccc2c(c1OC)[C@@]1(CC#N)CC=CCC1=C(O)C2=O. The number of hydrogen-bond acceptors (Lipinski definition) is 5. The first-order valence-corrected chi connectivity index (χ1v) is 7.35. The summed E-state index contributed by atoms with van der Waals surface area (Å²) in [6.45, 7) is 0. The normalized spacial score (nSPS) is 22.2. The maximum absolute atomic E-state index is 12.6. The molecule has 2 aliphatic rings. The molecule has 0 spiro atoms. The number of aliphatic hydroxyl groups excluding tert-OH is 1. The van der Waals surface area contributed by atoms with Crippen molar-refractivity contribution in [3.05, 3.63) is 46.7 Å². The smallest absolute Gasteiger partial charge is 0.227 e. The van der Waals surface area contributed by atoms with Crippen LogP contribution < -0.4 is 9.47 Å². The van der Waals surface area contributed by atoms with E-state index in [1.807, 2.05) is 12.2 Å². The van der Waals surface area contributed by atoms with E-state index in [2.05, 4.69) is 6.07 Å². The molecule has 1 aromatic rings. The number of Topliss-reactive ketones (excluding diaryl/α,β-unsaturated/α-hetero) is 1. The van der Waals surface area contributed by atoms with E-state index in [0.717, 1.165) is 0 Å². The Balaban J connectivity index is 2.41. The van der Waals surface area contributed by atoms with Crippen LogP contribution in [0.5, 0.6) is 11.5 Å². The lowest BCUT2D eigenvalue weighted by Crippen LogP contribution is -2.38. The molecule has 23 heavy (non-hydrogen) atoms. The fourth-order valence-corrected chi connectivity index (χ4v) is 3.64. The van der Waals surface area contributed by atoms with Crippen LogP contribution in [0.2, 0.25) is 0 Å². The van der Waals surface area contributed by atoms with Gasteiger partial charge in [0.25, 0.3) is 0 Å². The number of aliphatic hydroxyl groups is 1. The van der Waals surface area contributed by atoms with Crippen LogP contribution in [0.3, 0.4) is 0 Å². The van der Waals surface area contributed by atoms with Gasteiger partial charge in [-0.1, -0.05) is 12.2 Å². The molecule has 0 amide bonds. The largest absolute Gasteiger partial charge is 0.504 e. The second-order valence-corrected chi connectivity index (χ2v) is 5.68. The summed E-state index contributed by atoms with van der Waals surface area (Å²) in [5.74, 6) is 0.282. The van der Waals surface area contributed by atoms with Crippen molar-refractivity contribution in [3.8, 4) is 17.6 Å². The summed E-state index contributed by atoms with van der Waals surface area (Å²) in [5, 5.41) is 19.8. The van der Waals surface area contributed by atoms with Crippen molar-refractivity contribution in [1.82, 2.24) is 0 Å². The van der Waals surface area contributed by atoms with E-state index in [4.69, 9.17) is 9.47 Å². The predicted octanol–water partition coefficient (Wildman–Crippen LogP) is 3.21. The molecule has 0 heterocycles. The molecule has 118 valence electrons. The van der Waals surface area contributed by atoms with Crippen molar-refractivity contribution in [2.45, 2.75) is 24.7 Å². The van der Waals surface area contributed by atoms with E-state index >= 15 is 0 Å². The van der Waals surface area contributed by atoms with Gasteiger partial charge >= 0.3 is 0 Å². The number of ether oxygens (including phenoxy) is 2. The van der Waals surface area contributed by atoms with Gasteiger partial charge in [0.2, 0.25) is 5.78 Å². The zero-order valence-corrected chi connectivity index (χ0v) is 13.0. The fourth-order valence-electron chi connectivity index (χ4n) is 3.64. The summed E-state index contributed by atoms with van der Waals surface area (Å²) in [4.78, 5) is 12.6. The van der Waals surface area contributed by atoms with Crippen LogP contribution >= 0.6 is 0 Å². The lowest BCUT2D eigenvalue weighted by atomic mass is 9.61. The highest BCUT2D eigenvalue weighted by Crippen LogP contribution is 2.54. The van der Waals surface area contributed by atoms with Crippen LogP contribution in [-0.2, 0) is 5.41 Å². The maximum Gasteiger partial charge on any atom is 0.227 e. The van der Waals surface area contributed by atoms with Crippen LogP contribution in [0.1, 0.15) is 35.2 Å². The lowest BCUT2D eigenvalue weighted by molar-refractivity contribution is 0.0959. The fraction of sp³-hybridized carbons (Fsp3) is 0.333. The number of ketones is 1. The van der Waals surface area contributed by atoms with Crippen LogP contribution in [0, 0.1) is 11.3 Å². The van der Waals surface area contributed by atoms with E-state index in [9.17, 15) is 15.2 Å². The summed E-state index contributed by atoms with van der Waals surface area (Å²) in [6.07, 6.45) is 5.02. The molecular weight excluding hydrogens is 294 g/mol. The van der Waals surface area contributed by atoms with Crippen molar-refractivity contribution >= 4 is 5.78 Å². The molecule has 3 rings (SSSR count). The van der Waals surface area contributed by atoms with Crippen molar-refractivity contribution in [2.75, 3.05) is 14.2 Å². The first kappa shape index (κ1) is 15.2. The molecule has 0 fully saturated rings. The highest BCUT2D eigenvalue weighted by atomic mass is 16.5. The second kappa shape index (κ2) is 5.47. The molecule has 0 unspecified atom stereocenters. The van der Waals surface area contributed by atoms with E-state index in [1.54, 1.807) is 12.1 Å². The van der Waals surface area contributed by atoms with Crippen LogP contribution in [0.25, 0.3) is 0 Å². The summed E-state index contributed by atoms with van der Waals surface area (Å²) < 4.78 is 10.9. The van der Waals surface area contributed by atoms with Crippen molar-refractivity contribution in [2.24, 2.45) is 0 Å². The summed E-state index contributed by atoms with van der Waals surface area (Å²) in [6, 6.07) is 5.48. The zero-order valence-electron chi connectivity index (χ0n) is 13.0. The molecule has 0 radical (unpaired) electrons. The number of carbonyl (C=O) groups excluding carboxylic acids is 1. The Morgan fingerprint density at radius 3 is 2.74 bits per heavy atom. The van der Waals surface area contributed by atoms with E-state index in [0.29, 0.717) is 41.0 Å². The molecule has 2 aliphatic carbocycles. The van der Waals surface area contributed by atoms with Gasteiger partial charge < -0.3 is 14.6 Å². The number of rotatable bonds is 3. The predicted molar refractivity (Wildman–Crippen MR) is 83.8 cm³/mol. The Morgan fingerprint density at radius 1 is 1.30 bits per heavy atom. The molecule has 0 aliphatic heterocycles. The Hall–Kier alpha value is -2.74. The Morgan fingerprint density at radius 2 is 2.09 bits per heavy atom. The second-order valence-electron chi connectivity index (χ2n) is 5.68. The summed E-state index contributed by atoms with van der Waals surface area (Å²) >= 11 is 0. The van der Waals surface area contributed by atoms with Gasteiger partial charge in [0.15, 0.2) is 17.3 Å². The number of methoxy groups -OCH3 is 2. The standard InChI is InChI=1S/C18H17NO4/c1-22-13-7-6-11-14(17(13)23-2)18(9-10-19)8-4-3-5-12(18)16(21)15(11)20/h3-4,6-7,21H,5,8-9H2,1-2H3/t18-/m1/s1. The molecule has 1 N–H and O–H groups in total. The highest BCUT2D eigenvalue weighted by Gasteiger charge is 2.48. The number of nitrogens with zero attached hydrogens (tertiary/aromatic N) is 1. The van der Waals surface area contributed by atoms with E-state index < -0.39 is 11.2 Å². The van der Waals surface area contributed by atoms with Gasteiger partial charge in [-0.25, -0.2) is 0 Å². The van der Waals surface area contributed by atoms with Crippen molar-refractivity contribution in [3.63, 3.8) is 0 Å². The van der Waals surface area contributed by atoms with Gasteiger partial charge in [-0.05, 0) is 30.5 Å². The van der Waals surface area contributed by atoms with Gasteiger partial charge in [-0.15, -0.1) is 0 Å². The minimum absolute atomic E-state index is 0.153. The molecule has 5 heteroatoms. The lowest BCUT2D eigenvalue weighted by Gasteiger charge is -2.41. The van der Waals surface area contributed by atoms with Gasteiger partial charge in [-0.2, -0.15) is 5.26 Å². The number of nitriles is 1. The summed E-state index contributed by atoms with van der Waals surface area (Å²) in [7, 11) is 3.04. The van der Waals surface area contributed by atoms with Gasteiger partial charge in [0, 0.05) is 23.0 Å². The first-order valence-electron chi connectivity index (χ1n) is 7.35. The highest BCUT2D eigenvalue weighted by molar-refractivity contribution is 6.11. The third-order valence-corrected chi connectivity index (χ3v) is 4.68. The monoisotopic (exact) mass is 311 g/mol. The van der Waals surface area contributed by atoms with Gasteiger partial charge in [-0.3, -0.25) is 4.79 Å². The Labute approximate surface area is 134 Å². The number of carbonyl (C=O) groups is 1. The average Bonchev–Trinajstić information content (AvgIpc) is 2.58. The Kier molecular flexibility index (Phi) is 3.61. The average molecular weight is 311 g/mol. The van der Waals surface area contributed by atoms with Crippen molar-refractivity contribution < 1.29 is 19.4 Å². The van der Waals surface area contributed by atoms with Crippen LogP contribution in [0.4, 0.5) is 0 Å². The number of benzene rings is 1. The topological polar surface area (TPSA) is 79.6 Å². The molecule has 1 atom stereocenters. The minimum atomic E-state index is -0.753. The molecular formula is C18H17NO4. The van der Waals surface area contributed by atoms with Gasteiger partial charge in [0.1, 0.15) is 0 Å². The van der Waals surface area contributed by atoms with Crippen LogP contribution in [-0.4, -0.2) is 25.1 Å². The zero-order chi connectivity index (χ0) is 16.6. The Bertz CT molecular complexity index is 785. The van der Waals surface area contributed by atoms with Crippen molar-refractivity contribution in [1.29, 1.82) is 5.26 Å². The van der Waals surface area contributed by atoms with Gasteiger partial charge in [0.05, 0.1) is 20.3 Å². The molecule has 1 aromatic carbocycles. The molecule has 0 aromatic heterocycles. The molecule has 0 bridgehead atoms. The first-order chi connectivity index (χ1) is 11.1. The molecule has 0 saturated carbocycles. The number of allylic oxidation sites excluding steroid dienone is 4. The third-order valence-electron chi connectivity index (χ3n) is 4.68. The van der Waals surface area contributed by atoms with E-state index in [1.165, 1.54) is 14.2 Å². The minimum Gasteiger partial charge on any atom is -0.504 e. The number of fused-ring (bicyclic) bond motifs is 3. The molecule has 0 saturated heterocycles. The number of hydrogen-bond donors (Lipinski definition) is 1. The third kappa shape index (κ3) is 1.95.